The molecule has 0 saturated carbocycles. The molecule has 0 aliphatic carbocycles. The fourth-order valence-electron chi connectivity index (χ4n) is 7.60. The molecule has 0 bridgehead atoms. The van der Waals surface area contributed by atoms with Crippen LogP contribution >= 0.6 is 0 Å². The Morgan fingerprint density at radius 1 is 0.312 bits per heavy atom. The van der Waals surface area contributed by atoms with Gasteiger partial charge in [-0.05, 0) is 85.3 Å². The maximum Gasteiger partial charge on any atom is 0.136 e. The van der Waals surface area contributed by atoms with Crippen molar-refractivity contribution in [1.82, 2.24) is 0 Å². The van der Waals surface area contributed by atoms with Gasteiger partial charge in [-0.25, -0.2) is 0 Å². The highest BCUT2D eigenvalue weighted by atomic mass is 16.3. The zero-order valence-corrected chi connectivity index (χ0v) is 26.0. The zero-order chi connectivity index (χ0) is 31.6. The molecule has 224 valence electrons. The van der Waals surface area contributed by atoms with Crippen LogP contribution in [0, 0.1) is 0 Å². The summed E-state index contributed by atoms with van der Waals surface area (Å²) in [6, 6.07) is 60.3. The summed E-state index contributed by atoms with van der Waals surface area (Å²) < 4.78 is 13.0. The van der Waals surface area contributed by atoms with Crippen LogP contribution < -0.4 is 0 Å². The molecule has 10 aromatic rings. The van der Waals surface area contributed by atoms with Gasteiger partial charge in [0.25, 0.3) is 0 Å². The Morgan fingerprint density at radius 3 is 1.54 bits per heavy atom. The molecule has 0 radical (unpaired) electrons. The van der Waals surface area contributed by atoms with Crippen LogP contribution in [0.2, 0.25) is 0 Å². The van der Waals surface area contributed by atoms with Crippen LogP contribution in [-0.2, 0) is 0 Å². The quantitative estimate of drug-likeness (QED) is 0.185. The van der Waals surface area contributed by atoms with Gasteiger partial charge < -0.3 is 8.83 Å². The van der Waals surface area contributed by atoms with Gasteiger partial charge in [0.15, 0.2) is 0 Å². The minimum atomic E-state index is 0.821. The standard InChI is InChI=1S/C46H28O2/c1-2-14-29(15-3-1)32-17-5-6-18-33(32)44-34-19-7-9-21-36(34)45(37-22-10-8-20-35(37)44)39-26-31(42-27-30-16-4-12-24-40(30)47-42)28-43-46(39)38-23-11-13-25-41(38)48-43/h1-28H. The van der Waals surface area contributed by atoms with Crippen LogP contribution in [0.5, 0.6) is 0 Å². The molecule has 2 heterocycles. The number of hydrogen-bond acceptors (Lipinski definition) is 2. The molecule has 10 rings (SSSR count). The number of rotatable bonds is 4. The first-order valence-corrected chi connectivity index (χ1v) is 16.3. The molecule has 2 aromatic heterocycles. The third-order valence-corrected chi connectivity index (χ3v) is 9.67. The monoisotopic (exact) mass is 612 g/mol. The van der Waals surface area contributed by atoms with Gasteiger partial charge in [-0.2, -0.15) is 0 Å². The SMILES string of the molecule is c1ccc(-c2ccccc2-c2c3ccccc3c(-c3cc(-c4cc5ccccc5o4)cc4oc5ccccc5c34)c3ccccc23)cc1. The Balaban J connectivity index is 1.35. The van der Waals surface area contributed by atoms with Crippen LogP contribution in [0.3, 0.4) is 0 Å². The molecule has 0 saturated heterocycles. The Bertz CT molecular complexity index is 2740. The lowest BCUT2D eigenvalue weighted by Crippen LogP contribution is -1.93. The average molecular weight is 613 g/mol. The van der Waals surface area contributed by atoms with E-state index in [4.69, 9.17) is 8.83 Å². The summed E-state index contributed by atoms with van der Waals surface area (Å²) in [5.74, 6) is 0.821. The number of para-hydroxylation sites is 2. The zero-order valence-electron chi connectivity index (χ0n) is 26.0. The number of hydrogen-bond donors (Lipinski definition) is 0. The molecule has 0 amide bonds. The molecule has 0 aliphatic rings. The van der Waals surface area contributed by atoms with E-state index in [0.717, 1.165) is 49.8 Å². The molecule has 0 atom stereocenters. The first-order valence-electron chi connectivity index (χ1n) is 16.3. The maximum atomic E-state index is 6.59. The van der Waals surface area contributed by atoms with Gasteiger partial charge in [0.2, 0.25) is 0 Å². The topological polar surface area (TPSA) is 26.3 Å². The van der Waals surface area contributed by atoms with E-state index in [1.807, 2.05) is 24.3 Å². The van der Waals surface area contributed by atoms with Gasteiger partial charge in [-0.3, -0.25) is 0 Å². The lowest BCUT2D eigenvalue weighted by Gasteiger charge is -2.20. The van der Waals surface area contributed by atoms with E-state index in [2.05, 4.69) is 146 Å². The molecular formula is C46H28O2. The molecule has 2 nitrogen and oxygen atoms in total. The molecule has 0 aliphatic heterocycles. The van der Waals surface area contributed by atoms with Crippen LogP contribution in [0.1, 0.15) is 0 Å². The van der Waals surface area contributed by atoms with Crippen molar-refractivity contribution in [2.24, 2.45) is 0 Å². The first kappa shape index (κ1) is 26.8. The molecule has 8 aromatic carbocycles. The van der Waals surface area contributed by atoms with Gasteiger partial charge in [0.1, 0.15) is 22.5 Å². The second-order valence-corrected chi connectivity index (χ2v) is 12.4. The highest BCUT2D eigenvalue weighted by Gasteiger charge is 2.23. The smallest absolute Gasteiger partial charge is 0.136 e. The highest BCUT2D eigenvalue weighted by Crippen LogP contribution is 2.49. The van der Waals surface area contributed by atoms with Gasteiger partial charge >= 0.3 is 0 Å². The molecule has 0 spiro atoms. The van der Waals surface area contributed by atoms with E-state index in [-0.39, 0.29) is 0 Å². The first-order chi connectivity index (χ1) is 23.8. The van der Waals surface area contributed by atoms with Gasteiger partial charge in [0, 0.05) is 21.7 Å². The molecule has 0 unspecified atom stereocenters. The van der Waals surface area contributed by atoms with E-state index in [9.17, 15) is 0 Å². The van der Waals surface area contributed by atoms with Crippen molar-refractivity contribution in [2.45, 2.75) is 0 Å². The average Bonchev–Trinajstić information content (AvgIpc) is 3.76. The predicted octanol–water partition coefficient (Wildman–Crippen LogP) is 13.3. The van der Waals surface area contributed by atoms with Crippen molar-refractivity contribution in [3.63, 3.8) is 0 Å². The van der Waals surface area contributed by atoms with E-state index in [0.29, 0.717) is 0 Å². The van der Waals surface area contributed by atoms with Crippen LogP contribution in [0.15, 0.2) is 179 Å². The van der Waals surface area contributed by atoms with Gasteiger partial charge in [-0.15, -0.1) is 0 Å². The van der Waals surface area contributed by atoms with Crippen molar-refractivity contribution in [1.29, 1.82) is 0 Å². The summed E-state index contributed by atoms with van der Waals surface area (Å²) in [5.41, 5.74) is 10.8. The Morgan fingerprint density at radius 2 is 0.854 bits per heavy atom. The largest absolute Gasteiger partial charge is 0.456 e. The Hall–Kier alpha value is -6.38. The van der Waals surface area contributed by atoms with Crippen molar-refractivity contribution < 1.29 is 8.83 Å². The Labute approximate surface area is 277 Å². The van der Waals surface area contributed by atoms with E-state index < -0.39 is 0 Å². The number of furan rings is 2. The molecule has 48 heavy (non-hydrogen) atoms. The van der Waals surface area contributed by atoms with E-state index >= 15 is 0 Å². The van der Waals surface area contributed by atoms with Crippen LogP contribution in [-0.4, -0.2) is 0 Å². The van der Waals surface area contributed by atoms with Gasteiger partial charge in [-0.1, -0.05) is 140 Å². The second kappa shape index (κ2) is 10.6. The van der Waals surface area contributed by atoms with Crippen LogP contribution in [0.4, 0.5) is 0 Å². The van der Waals surface area contributed by atoms with Gasteiger partial charge in [0.05, 0.1) is 0 Å². The minimum Gasteiger partial charge on any atom is -0.456 e. The fraction of sp³-hybridized carbons (Fsp3) is 0. The maximum absolute atomic E-state index is 6.59. The predicted molar refractivity (Wildman–Crippen MR) is 200 cm³/mol. The van der Waals surface area contributed by atoms with Crippen molar-refractivity contribution in [2.75, 3.05) is 0 Å². The normalized spacial score (nSPS) is 11.8. The summed E-state index contributed by atoms with van der Waals surface area (Å²) in [7, 11) is 0. The number of benzene rings is 8. The molecule has 0 N–H and O–H groups in total. The van der Waals surface area contributed by atoms with Crippen molar-refractivity contribution >= 4 is 54.5 Å². The summed E-state index contributed by atoms with van der Waals surface area (Å²) in [4.78, 5) is 0. The minimum absolute atomic E-state index is 0.821. The third kappa shape index (κ3) is 4.06. The van der Waals surface area contributed by atoms with E-state index in [1.54, 1.807) is 0 Å². The number of fused-ring (bicyclic) bond motifs is 6. The lowest BCUT2D eigenvalue weighted by atomic mass is 9.83. The van der Waals surface area contributed by atoms with E-state index in [1.165, 1.54) is 49.4 Å². The summed E-state index contributed by atoms with van der Waals surface area (Å²) in [5, 5.41) is 8.11. The summed E-state index contributed by atoms with van der Waals surface area (Å²) in [6.07, 6.45) is 0. The summed E-state index contributed by atoms with van der Waals surface area (Å²) in [6.45, 7) is 0. The van der Waals surface area contributed by atoms with Crippen molar-refractivity contribution in [3.05, 3.63) is 170 Å². The molecule has 2 heteroatoms. The lowest BCUT2D eigenvalue weighted by molar-refractivity contribution is 0.630. The third-order valence-electron chi connectivity index (χ3n) is 9.67. The second-order valence-electron chi connectivity index (χ2n) is 12.4. The molecule has 0 fully saturated rings. The highest BCUT2D eigenvalue weighted by molar-refractivity contribution is 6.26. The van der Waals surface area contributed by atoms with Crippen molar-refractivity contribution in [3.8, 4) is 44.7 Å². The fourth-order valence-corrected chi connectivity index (χ4v) is 7.60. The van der Waals surface area contributed by atoms with Crippen LogP contribution in [0.25, 0.3) is 99.2 Å². The summed E-state index contributed by atoms with van der Waals surface area (Å²) >= 11 is 0. The Kier molecular flexibility index (Phi) is 5.91. The molecular weight excluding hydrogens is 585 g/mol.